The summed E-state index contributed by atoms with van der Waals surface area (Å²) >= 11 is 0. The molecule has 7 amide bonds. The van der Waals surface area contributed by atoms with E-state index in [1.54, 1.807) is 7.11 Å². The predicted molar refractivity (Wildman–Crippen MR) is 254 cm³/mol. The molecule has 7 N–H and O–H groups in total. The van der Waals surface area contributed by atoms with Crippen LogP contribution in [-0.2, 0) is 90.5 Å². The summed E-state index contributed by atoms with van der Waals surface area (Å²) in [4.78, 5) is 115. The van der Waals surface area contributed by atoms with Gasteiger partial charge in [-0.2, -0.15) is 0 Å². The van der Waals surface area contributed by atoms with Gasteiger partial charge in [-0.25, -0.2) is 4.79 Å². The van der Waals surface area contributed by atoms with Crippen LogP contribution in [0.2, 0.25) is 0 Å². The largest absolute Gasteiger partial charge is 0.439 e. The summed E-state index contributed by atoms with van der Waals surface area (Å²) in [6.07, 6.45) is -3.67. The molecule has 1 aliphatic rings. The first-order valence-corrected chi connectivity index (χ1v) is 24.2. The Kier molecular flexibility index (Phi) is 34.3. The maximum absolute atomic E-state index is 13.5. The maximum Gasteiger partial charge on any atom is 0.339 e. The summed E-state index contributed by atoms with van der Waals surface area (Å²) in [6, 6.07) is -4.02. The fraction of sp³-hybridized carbons (Fsp3) is 0.804. The van der Waals surface area contributed by atoms with Gasteiger partial charge in [0.05, 0.1) is 112 Å². The van der Waals surface area contributed by atoms with Crippen molar-refractivity contribution in [2.75, 3.05) is 126 Å². The van der Waals surface area contributed by atoms with Gasteiger partial charge in [-0.1, -0.05) is 20.8 Å². The van der Waals surface area contributed by atoms with Gasteiger partial charge >= 0.3 is 5.97 Å². The van der Waals surface area contributed by atoms with E-state index in [1.807, 2.05) is 0 Å². The minimum Gasteiger partial charge on any atom is -0.439 e. The standard InChI is InChI=1S/C46H80N6O21/c1-9-46(7,63)45(62)73-43(31(3)34(6)53)51-42(60)36(54)28-72-29-48-39(57)32(4)49-40(58)33(5)50-41(59)35(52-38(56)26-30(2)44(52)61)27-47-37(55)10-11-65-14-15-67-18-19-69-22-23-71-25-24-70-21-20-68-17-16-66-13-12-64-8/h30-33,35-36,43,54,63H,9-29H2,1-8H3,(H,47,55)(H,48,57)(H,49,58)(H,50,59)(H,51,60)/t30?,31?,32-,33-,35-,36+,43+,46+/m0/s1. The number of ether oxygens (including phenoxy) is 10. The number of aliphatic hydroxyl groups excluding tert-OH is 1. The van der Waals surface area contributed by atoms with Crippen LogP contribution in [0.3, 0.4) is 0 Å². The van der Waals surface area contributed by atoms with Crippen molar-refractivity contribution in [1.29, 1.82) is 0 Å². The summed E-state index contributed by atoms with van der Waals surface area (Å²) in [5.41, 5.74) is -1.90. The molecule has 0 saturated carbocycles. The van der Waals surface area contributed by atoms with Crippen LogP contribution in [0.5, 0.6) is 0 Å². The van der Waals surface area contributed by atoms with Crippen LogP contribution in [0.25, 0.3) is 0 Å². The maximum atomic E-state index is 13.5. The lowest BCUT2D eigenvalue weighted by atomic mass is 10.0. The number of likely N-dealkylation sites (tertiary alicyclic amines) is 1. The van der Waals surface area contributed by atoms with Crippen molar-refractivity contribution in [2.45, 2.75) is 104 Å². The molecule has 420 valence electrons. The Labute approximate surface area is 426 Å². The lowest BCUT2D eigenvalue weighted by molar-refractivity contribution is -0.176. The molecule has 0 radical (unpaired) electrons. The number of methoxy groups -OCH3 is 1. The van der Waals surface area contributed by atoms with Gasteiger partial charge in [0.2, 0.25) is 35.4 Å². The second-order valence-corrected chi connectivity index (χ2v) is 17.0. The zero-order chi connectivity index (χ0) is 54.8. The summed E-state index contributed by atoms with van der Waals surface area (Å²) in [5, 5.41) is 32.4. The number of amides is 7. The van der Waals surface area contributed by atoms with Gasteiger partial charge in [0, 0.05) is 32.4 Å². The molecule has 0 aromatic rings. The number of imide groups is 1. The number of carbonyl (C=O) groups excluding carboxylic acids is 9. The van der Waals surface area contributed by atoms with E-state index >= 15 is 0 Å². The highest BCUT2D eigenvalue weighted by atomic mass is 16.6. The Bertz CT molecular complexity index is 1710. The zero-order valence-electron chi connectivity index (χ0n) is 43.5. The number of hydrogen-bond donors (Lipinski definition) is 7. The van der Waals surface area contributed by atoms with Gasteiger partial charge in [0.15, 0.2) is 17.9 Å². The Balaban J connectivity index is 2.42. The first-order chi connectivity index (χ1) is 34.7. The van der Waals surface area contributed by atoms with Crippen LogP contribution in [0.15, 0.2) is 0 Å². The molecule has 1 aliphatic heterocycles. The van der Waals surface area contributed by atoms with Crippen molar-refractivity contribution in [3.63, 3.8) is 0 Å². The molecule has 0 aliphatic carbocycles. The number of rotatable bonds is 43. The fourth-order valence-electron chi connectivity index (χ4n) is 5.86. The van der Waals surface area contributed by atoms with Crippen molar-refractivity contribution in [3.05, 3.63) is 0 Å². The summed E-state index contributed by atoms with van der Waals surface area (Å²) < 4.78 is 53.1. The highest BCUT2D eigenvalue weighted by Gasteiger charge is 2.43. The smallest absolute Gasteiger partial charge is 0.339 e. The van der Waals surface area contributed by atoms with Crippen molar-refractivity contribution in [1.82, 2.24) is 31.5 Å². The van der Waals surface area contributed by atoms with Crippen LogP contribution < -0.4 is 26.6 Å². The molecule has 0 spiro atoms. The van der Waals surface area contributed by atoms with Crippen molar-refractivity contribution in [2.24, 2.45) is 11.8 Å². The number of hydrogen-bond acceptors (Lipinski definition) is 21. The first-order valence-electron chi connectivity index (χ1n) is 24.2. The average Bonchev–Trinajstić information content (AvgIpc) is 3.60. The van der Waals surface area contributed by atoms with Crippen molar-refractivity contribution < 1.29 is 101 Å². The second kappa shape index (κ2) is 37.8. The monoisotopic (exact) mass is 1050 g/mol. The van der Waals surface area contributed by atoms with Crippen LogP contribution in [0, 0.1) is 11.8 Å². The summed E-state index contributed by atoms with van der Waals surface area (Å²) in [5.74, 6) is -8.75. The fourth-order valence-corrected chi connectivity index (χ4v) is 5.86. The molecule has 1 rings (SSSR count). The Morgan fingerprint density at radius 3 is 1.59 bits per heavy atom. The SMILES string of the molecule is CC[C@@](C)(O)C(=O)O[C@@H](NC(=O)[C@H](O)COCNC(=O)[C@H](C)NC(=O)[C@H](C)NC(=O)[C@H](CNC(=O)CCOCCOCCOCCOCCOCCOCCOCCOC)N1C(=O)CC(C)C1=O)C(C)C(C)=O. The molecular formula is C46H80N6O21. The number of esters is 1. The number of nitrogens with one attached hydrogen (secondary N) is 5. The van der Waals surface area contributed by atoms with E-state index in [0.29, 0.717) is 79.3 Å². The van der Waals surface area contributed by atoms with Gasteiger partial charge < -0.3 is 84.2 Å². The number of carbonyl (C=O) groups is 9. The number of nitrogens with zero attached hydrogens (tertiary/aromatic N) is 1. The molecule has 27 heteroatoms. The van der Waals surface area contributed by atoms with Gasteiger partial charge in [0.25, 0.3) is 5.91 Å². The zero-order valence-corrected chi connectivity index (χ0v) is 43.5. The quantitative estimate of drug-likeness (QED) is 0.0137. The third kappa shape index (κ3) is 27.9. The molecule has 8 atom stereocenters. The predicted octanol–water partition coefficient (Wildman–Crippen LogP) is -3.15. The highest BCUT2D eigenvalue weighted by molar-refractivity contribution is 6.07. The summed E-state index contributed by atoms with van der Waals surface area (Å²) in [6.45, 7) is 13.4. The van der Waals surface area contributed by atoms with Crippen LogP contribution in [0.4, 0.5) is 0 Å². The van der Waals surface area contributed by atoms with E-state index in [1.165, 1.54) is 48.5 Å². The Morgan fingerprint density at radius 1 is 0.671 bits per heavy atom. The minimum atomic E-state index is -1.90. The van der Waals surface area contributed by atoms with E-state index in [2.05, 4.69) is 26.6 Å². The molecule has 1 heterocycles. The van der Waals surface area contributed by atoms with Crippen LogP contribution in [-0.4, -0.2) is 230 Å². The normalized spacial score (nSPS) is 16.8. The van der Waals surface area contributed by atoms with Gasteiger partial charge in [-0.05, 0) is 34.1 Å². The Hall–Kier alpha value is -4.81. The lowest BCUT2D eigenvalue weighted by Crippen LogP contribution is -2.58. The minimum absolute atomic E-state index is 0.00218. The molecule has 2 unspecified atom stereocenters. The van der Waals surface area contributed by atoms with Gasteiger partial charge in [-0.3, -0.25) is 43.3 Å². The van der Waals surface area contributed by atoms with E-state index in [-0.39, 0.29) is 39.1 Å². The lowest BCUT2D eigenvalue weighted by Gasteiger charge is -2.28. The molecule has 73 heavy (non-hydrogen) atoms. The van der Waals surface area contributed by atoms with E-state index < -0.39 is 121 Å². The molecule has 0 bridgehead atoms. The van der Waals surface area contributed by atoms with Crippen molar-refractivity contribution in [3.8, 4) is 0 Å². The van der Waals surface area contributed by atoms with E-state index in [4.69, 9.17) is 47.4 Å². The third-order valence-electron chi connectivity index (χ3n) is 10.8. The van der Waals surface area contributed by atoms with Crippen molar-refractivity contribution >= 4 is 53.1 Å². The third-order valence-corrected chi connectivity index (χ3v) is 10.8. The molecule has 0 aromatic heterocycles. The van der Waals surface area contributed by atoms with E-state index in [9.17, 15) is 53.4 Å². The number of aliphatic hydroxyl groups is 2. The summed E-state index contributed by atoms with van der Waals surface area (Å²) in [7, 11) is 1.61. The second-order valence-electron chi connectivity index (χ2n) is 17.0. The number of Topliss-reactive ketones (excluding diaryl/α,β-unsaturated/α-hetero) is 1. The molecular weight excluding hydrogens is 973 g/mol. The van der Waals surface area contributed by atoms with E-state index in [0.717, 1.165) is 4.90 Å². The van der Waals surface area contributed by atoms with Gasteiger partial charge in [0.1, 0.15) is 30.6 Å². The topological polar surface area (TPSA) is 350 Å². The first kappa shape index (κ1) is 66.2. The van der Waals surface area contributed by atoms with Crippen LogP contribution in [0.1, 0.15) is 67.7 Å². The molecule has 0 aromatic carbocycles. The number of ketones is 1. The molecule has 1 fully saturated rings. The average molecular weight is 1050 g/mol. The van der Waals surface area contributed by atoms with Gasteiger partial charge in [-0.15, -0.1) is 0 Å². The molecule has 1 saturated heterocycles. The Morgan fingerprint density at radius 2 is 1.14 bits per heavy atom. The molecule has 27 nitrogen and oxygen atoms in total. The van der Waals surface area contributed by atoms with Crippen LogP contribution >= 0.6 is 0 Å². The highest BCUT2D eigenvalue weighted by Crippen LogP contribution is 2.22.